The molecule has 2 heterocycles. The second-order valence-corrected chi connectivity index (χ2v) is 5.05. The molecule has 6 heteroatoms. The molecule has 0 fully saturated rings. The van der Waals surface area contributed by atoms with E-state index in [9.17, 15) is 8.78 Å². The van der Waals surface area contributed by atoms with Gasteiger partial charge in [-0.3, -0.25) is 4.98 Å². The zero-order chi connectivity index (χ0) is 16.4. The summed E-state index contributed by atoms with van der Waals surface area (Å²) in [6.45, 7) is 1.87. The summed E-state index contributed by atoms with van der Waals surface area (Å²) >= 11 is 0. The molecule has 0 aliphatic heterocycles. The maximum absolute atomic E-state index is 13.1. The van der Waals surface area contributed by atoms with E-state index in [1.165, 1.54) is 10.7 Å². The van der Waals surface area contributed by atoms with Gasteiger partial charge in [-0.15, -0.1) is 0 Å². The second-order valence-electron chi connectivity index (χ2n) is 5.05. The van der Waals surface area contributed by atoms with Gasteiger partial charge in [-0.05, 0) is 49.4 Å². The summed E-state index contributed by atoms with van der Waals surface area (Å²) < 4.78 is 32.7. The first-order chi connectivity index (χ1) is 11.1. The molecular formula is C17H15F2N3O. The molecule has 3 rings (SSSR count). The van der Waals surface area contributed by atoms with Crippen LogP contribution in [-0.4, -0.2) is 21.9 Å². The molecule has 0 unspecified atom stereocenters. The highest BCUT2D eigenvalue weighted by Gasteiger charge is 2.18. The van der Waals surface area contributed by atoms with Gasteiger partial charge in [0, 0.05) is 17.5 Å². The van der Waals surface area contributed by atoms with Crippen LogP contribution in [0.25, 0.3) is 16.9 Å². The third-order valence-corrected chi connectivity index (χ3v) is 3.48. The summed E-state index contributed by atoms with van der Waals surface area (Å²) in [6, 6.07) is 12.1. The van der Waals surface area contributed by atoms with Crippen LogP contribution in [0.2, 0.25) is 0 Å². The first-order valence-corrected chi connectivity index (χ1v) is 7.04. The van der Waals surface area contributed by atoms with E-state index >= 15 is 0 Å². The zero-order valence-electron chi connectivity index (χ0n) is 12.7. The maximum Gasteiger partial charge on any atom is 0.282 e. The number of hydrogen-bond acceptors (Lipinski definition) is 3. The largest absolute Gasteiger partial charge is 0.497 e. The zero-order valence-corrected chi connectivity index (χ0v) is 12.7. The number of rotatable bonds is 4. The predicted molar refractivity (Wildman–Crippen MR) is 83.0 cm³/mol. The molecule has 2 aromatic heterocycles. The summed E-state index contributed by atoms with van der Waals surface area (Å²) in [5.74, 6) is 0.688. The fourth-order valence-electron chi connectivity index (χ4n) is 2.25. The van der Waals surface area contributed by atoms with E-state index in [4.69, 9.17) is 4.74 Å². The van der Waals surface area contributed by atoms with E-state index in [0.29, 0.717) is 17.1 Å². The van der Waals surface area contributed by atoms with Crippen molar-refractivity contribution < 1.29 is 13.5 Å². The fourth-order valence-corrected chi connectivity index (χ4v) is 2.25. The Bertz CT molecular complexity index is 796. The highest BCUT2D eigenvalue weighted by molar-refractivity contribution is 5.62. The van der Waals surface area contributed by atoms with Crippen LogP contribution in [0.3, 0.4) is 0 Å². The molecule has 0 saturated carbocycles. The fraction of sp³-hybridized carbons (Fsp3) is 0.176. The van der Waals surface area contributed by atoms with Crippen molar-refractivity contribution in [1.29, 1.82) is 0 Å². The van der Waals surface area contributed by atoms with Crippen molar-refractivity contribution in [1.82, 2.24) is 14.8 Å². The third kappa shape index (κ3) is 3.06. The van der Waals surface area contributed by atoms with Crippen LogP contribution in [0.5, 0.6) is 5.75 Å². The van der Waals surface area contributed by atoms with E-state index < -0.39 is 6.43 Å². The smallest absolute Gasteiger partial charge is 0.282 e. The van der Waals surface area contributed by atoms with Gasteiger partial charge in [0.25, 0.3) is 6.43 Å². The average Bonchev–Trinajstić information content (AvgIpc) is 3.01. The van der Waals surface area contributed by atoms with E-state index in [1.807, 2.05) is 19.1 Å². The van der Waals surface area contributed by atoms with Gasteiger partial charge in [0.15, 0.2) is 0 Å². The molecule has 0 saturated heterocycles. The van der Waals surface area contributed by atoms with Crippen LogP contribution in [0.1, 0.15) is 17.8 Å². The number of hydrogen-bond donors (Lipinski definition) is 0. The number of methoxy groups -OCH3 is 1. The highest BCUT2D eigenvalue weighted by atomic mass is 19.3. The summed E-state index contributed by atoms with van der Waals surface area (Å²) in [5, 5.41) is 4.03. The van der Waals surface area contributed by atoms with Gasteiger partial charge in [0.05, 0.1) is 18.5 Å². The molecule has 0 aliphatic rings. The van der Waals surface area contributed by atoms with Gasteiger partial charge in [0.1, 0.15) is 11.4 Å². The number of benzene rings is 1. The van der Waals surface area contributed by atoms with E-state index in [-0.39, 0.29) is 5.69 Å². The van der Waals surface area contributed by atoms with Gasteiger partial charge in [-0.25, -0.2) is 13.5 Å². The lowest BCUT2D eigenvalue weighted by Crippen LogP contribution is -2.00. The monoisotopic (exact) mass is 315 g/mol. The molecule has 4 nitrogen and oxygen atoms in total. The van der Waals surface area contributed by atoms with Gasteiger partial charge in [-0.2, -0.15) is 5.10 Å². The van der Waals surface area contributed by atoms with Crippen molar-refractivity contribution in [2.75, 3.05) is 7.11 Å². The van der Waals surface area contributed by atoms with Gasteiger partial charge in [0.2, 0.25) is 0 Å². The van der Waals surface area contributed by atoms with Crippen molar-refractivity contribution in [3.63, 3.8) is 0 Å². The molecule has 0 amide bonds. The third-order valence-electron chi connectivity index (χ3n) is 3.48. The molecule has 0 N–H and O–H groups in total. The number of pyridine rings is 1. The van der Waals surface area contributed by atoms with Crippen LogP contribution < -0.4 is 4.74 Å². The molecule has 0 aliphatic carbocycles. The van der Waals surface area contributed by atoms with Crippen molar-refractivity contribution >= 4 is 0 Å². The first-order valence-electron chi connectivity index (χ1n) is 7.04. The van der Waals surface area contributed by atoms with Crippen molar-refractivity contribution in [3.8, 4) is 22.7 Å². The Kier molecular flexibility index (Phi) is 4.06. The Hall–Kier alpha value is -2.76. The van der Waals surface area contributed by atoms with Crippen LogP contribution in [0, 0.1) is 6.92 Å². The second kappa shape index (κ2) is 6.16. The standard InChI is InChI=1S/C17H15F2N3O/c1-11-3-4-12(10-20-11)16-9-15(17(18)19)21-22(16)13-5-7-14(23-2)8-6-13/h3-10,17H,1-2H3. The van der Waals surface area contributed by atoms with E-state index in [0.717, 1.165) is 11.3 Å². The molecule has 3 aromatic rings. The molecule has 0 spiro atoms. The molecule has 1 aromatic carbocycles. The minimum Gasteiger partial charge on any atom is -0.497 e. The lowest BCUT2D eigenvalue weighted by atomic mass is 10.2. The SMILES string of the molecule is COc1ccc(-n2nc(C(F)F)cc2-c2ccc(C)nc2)cc1. The first kappa shape index (κ1) is 15.1. The summed E-state index contributed by atoms with van der Waals surface area (Å²) in [7, 11) is 1.57. The Morgan fingerprint density at radius 2 is 1.83 bits per heavy atom. The summed E-state index contributed by atoms with van der Waals surface area (Å²) in [6.07, 6.45) is -0.978. The number of ether oxygens (including phenoxy) is 1. The lowest BCUT2D eigenvalue weighted by molar-refractivity contribution is 0.145. The van der Waals surface area contributed by atoms with Crippen LogP contribution >= 0.6 is 0 Å². The van der Waals surface area contributed by atoms with Crippen molar-refractivity contribution in [2.24, 2.45) is 0 Å². The average molecular weight is 315 g/mol. The normalized spacial score (nSPS) is 11.0. The Morgan fingerprint density at radius 3 is 2.39 bits per heavy atom. The van der Waals surface area contributed by atoms with Gasteiger partial charge in [-0.1, -0.05) is 0 Å². The van der Waals surface area contributed by atoms with E-state index in [1.54, 1.807) is 37.6 Å². The molecular weight excluding hydrogens is 300 g/mol. The summed E-state index contributed by atoms with van der Waals surface area (Å²) in [4.78, 5) is 4.22. The van der Waals surface area contributed by atoms with Crippen LogP contribution in [0.15, 0.2) is 48.7 Å². The van der Waals surface area contributed by atoms with Gasteiger partial charge >= 0.3 is 0 Å². The number of alkyl halides is 2. The predicted octanol–water partition coefficient (Wildman–Crippen LogP) is 4.19. The molecule has 23 heavy (non-hydrogen) atoms. The Balaban J connectivity index is 2.12. The van der Waals surface area contributed by atoms with Crippen molar-refractivity contribution in [3.05, 3.63) is 60.0 Å². The van der Waals surface area contributed by atoms with Crippen LogP contribution in [-0.2, 0) is 0 Å². The Labute approximate surface area is 132 Å². The Morgan fingerprint density at radius 1 is 1.09 bits per heavy atom. The number of halogens is 2. The maximum atomic E-state index is 13.1. The van der Waals surface area contributed by atoms with Crippen LogP contribution in [0.4, 0.5) is 8.78 Å². The van der Waals surface area contributed by atoms with E-state index in [2.05, 4.69) is 10.1 Å². The molecule has 0 atom stereocenters. The lowest BCUT2D eigenvalue weighted by Gasteiger charge is -2.08. The molecule has 0 bridgehead atoms. The minimum absolute atomic E-state index is 0.267. The minimum atomic E-state index is -2.63. The number of nitrogens with zero attached hydrogens (tertiary/aromatic N) is 3. The van der Waals surface area contributed by atoms with Crippen molar-refractivity contribution in [2.45, 2.75) is 13.3 Å². The molecule has 118 valence electrons. The quantitative estimate of drug-likeness (QED) is 0.725. The number of aromatic nitrogens is 3. The van der Waals surface area contributed by atoms with Gasteiger partial charge < -0.3 is 4.74 Å². The number of aryl methyl sites for hydroxylation is 1. The summed E-state index contributed by atoms with van der Waals surface area (Å²) in [5.41, 5.74) is 2.56. The topological polar surface area (TPSA) is 39.9 Å². The molecule has 0 radical (unpaired) electrons. The highest BCUT2D eigenvalue weighted by Crippen LogP contribution is 2.28.